The fourth-order valence-electron chi connectivity index (χ4n) is 9.16. The van der Waals surface area contributed by atoms with Crippen molar-refractivity contribution in [2.24, 2.45) is 0 Å². The molecule has 0 unspecified atom stereocenters. The molecule has 16 heteroatoms. The van der Waals surface area contributed by atoms with Gasteiger partial charge in [-0.1, -0.05) is 51.0 Å². The van der Waals surface area contributed by atoms with E-state index in [1.54, 1.807) is 24.3 Å². The summed E-state index contributed by atoms with van der Waals surface area (Å²) in [7, 11) is 0. The number of nitrogens with one attached hydrogen (secondary N) is 2. The highest BCUT2D eigenvalue weighted by Crippen LogP contribution is 2.37. The van der Waals surface area contributed by atoms with Gasteiger partial charge in [0.1, 0.15) is 60.3 Å². The van der Waals surface area contributed by atoms with Crippen molar-refractivity contribution in [2.75, 3.05) is 13.2 Å². The van der Waals surface area contributed by atoms with Gasteiger partial charge in [-0.25, -0.2) is 9.97 Å². The molecule has 0 amide bonds. The van der Waals surface area contributed by atoms with Crippen LogP contribution >= 0.6 is 0 Å². The second kappa shape index (κ2) is 20.5. The Labute approximate surface area is 392 Å². The fraction of sp³-hybridized carbons (Fsp3) is 0.385. The van der Waals surface area contributed by atoms with Crippen LogP contribution in [0.1, 0.15) is 73.4 Å². The second-order valence-corrected chi connectivity index (χ2v) is 17.6. The van der Waals surface area contributed by atoms with Crippen molar-refractivity contribution in [3.05, 3.63) is 107 Å². The van der Waals surface area contributed by atoms with Crippen LogP contribution in [0.3, 0.4) is 0 Å². The molecular weight excluding hydrogens is 873 g/mol. The number of unbranched alkanes of at least 4 members (excludes halogenated alkanes) is 2. The number of aliphatic hydroxyl groups is 8. The minimum Gasteiger partial charge on any atom is -0.462 e. The SMILES string of the molecule is CCCCc1c2nc(c(-c3ccc(O[C@@H]4O[C@H](CO)[C@@H](O)[C@H](O)[C@H]4O)cc3)c3ccc([nH]3)c(CCCC)c3nc(c(-c4ccc(O[C@@H]5O[C@H](CO)[C@@H](O)[C@H](O)[C@H]5O)cc4)c4ccc1[nH]4)C=C3)C=C2. The van der Waals surface area contributed by atoms with Crippen molar-refractivity contribution in [3.63, 3.8) is 0 Å². The summed E-state index contributed by atoms with van der Waals surface area (Å²) in [6.07, 6.45) is -0.661. The number of aryl methyl sites for hydroxylation is 2. The number of nitrogens with zero attached hydrogens (tertiary/aromatic N) is 2. The lowest BCUT2D eigenvalue weighted by Crippen LogP contribution is -2.60. The summed E-state index contributed by atoms with van der Waals surface area (Å²) in [5.74, 6) is 0.685. The van der Waals surface area contributed by atoms with Gasteiger partial charge in [-0.2, -0.15) is 0 Å². The molecule has 9 rings (SSSR count). The number of benzene rings is 2. The average Bonchev–Trinajstić information content (AvgIpc) is 4.21. The number of aromatic amines is 2. The van der Waals surface area contributed by atoms with Gasteiger partial charge in [0, 0.05) is 44.3 Å². The van der Waals surface area contributed by atoms with Crippen molar-refractivity contribution >= 4 is 46.4 Å². The van der Waals surface area contributed by atoms with Crippen LogP contribution in [0, 0.1) is 0 Å². The third kappa shape index (κ3) is 9.37. The number of ether oxygens (including phenoxy) is 4. The van der Waals surface area contributed by atoms with Crippen LogP contribution < -0.4 is 9.47 Å². The van der Waals surface area contributed by atoms with E-state index in [0.29, 0.717) is 11.5 Å². The van der Waals surface area contributed by atoms with E-state index >= 15 is 0 Å². The zero-order chi connectivity index (χ0) is 47.6. The molecule has 2 saturated heterocycles. The Hall–Kier alpha value is -5.76. The van der Waals surface area contributed by atoms with Crippen LogP contribution in [-0.2, 0) is 22.3 Å². The third-order valence-electron chi connectivity index (χ3n) is 13.0. The van der Waals surface area contributed by atoms with Crippen molar-refractivity contribution < 1.29 is 59.8 Å². The Morgan fingerprint density at radius 1 is 0.471 bits per heavy atom. The highest BCUT2D eigenvalue weighted by atomic mass is 16.7. The summed E-state index contributed by atoms with van der Waals surface area (Å²) >= 11 is 0. The lowest BCUT2D eigenvalue weighted by molar-refractivity contribution is -0.277. The van der Waals surface area contributed by atoms with Gasteiger partial charge in [0.2, 0.25) is 12.6 Å². The van der Waals surface area contributed by atoms with E-state index in [0.717, 1.165) is 117 Å². The first kappa shape index (κ1) is 47.3. The Balaban J connectivity index is 1.17. The maximum Gasteiger partial charge on any atom is 0.229 e. The van der Waals surface area contributed by atoms with Gasteiger partial charge in [0.05, 0.1) is 36.0 Å². The van der Waals surface area contributed by atoms with Gasteiger partial charge < -0.3 is 69.8 Å². The van der Waals surface area contributed by atoms with Crippen molar-refractivity contribution in [1.29, 1.82) is 0 Å². The number of aromatic nitrogens is 4. The molecule has 0 radical (unpaired) electrons. The predicted octanol–water partition coefficient (Wildman–Crippen LogP) is 5.03. The molecule has 16 nitrogen and oxygen atoms in total. The van der Waals surface area contributed by atoms with Crippen LogP contribution in [-0.4, -0.2) is 135 Å². The Morgan fingerprint density at radius 2 is 0.838 bits per heavy atom. The number of aliphatic hydroxyl groups excluding tert-OH is 8. The highest BCUT2D eigenvalue weighted by molar-refractivity contribution is 5.94. The van der Waals surface area contributed by atoms with Gasteiger partial charge in [-0.05, 0) is 110 Å². The van der Waals surface area contributed by atoms with Crippen molar-refractivity contribution in [1.82, 2.24) is 19.9 Å². The zero-order valence-corrected chi connectivity index (χ0v) is 37.8. The van der Waals surface area contributed by atoms with E-state index < -0.39 is 74.6 Å². The Bertz CT molecular complexity index is 2610. The first-order valence-corrected chi connectivity index (χ1v) is 23.3. The van der Waals surface area contributed by atoms with E-state index in [-0.39, 0.29) is 0 Å². The summed E-state index contributed by atoms with van der Waals surface area (Å²) in [6.45, 7) is 3.18. The summed E-state index contributed by atoms with van der Waals surface area (Å²) in [5, 5.41) is 81.9. The molecule has 3 aromatic heterocycles. The summed E-state index contributed by atoms with van der Waals surface area (Å²) < 4.78 is 23.1. The zero-order valence-electron chi connectivity index (χ0n) is 37.8. The average molecular weight is 931 g/mol. The predicted molar refractivity (Wildman–Crippen MR) is 256 cm³/mol. The minimum atomic E-state index is -1.57. The molecule has 4 aliphatic rings. The van der Waals surface area contributed by atoms with E-state index in [9.17, 15) is 40.9 Å². The van der Waals surface area contributed by atoms with Crippen LogP contribution in [0.2, 0.25) is 0 Å². The van der Waals surface area contributed by atoms with Gasteiger partial charge in [-0.3, -0.25) is 0 Å². The molecule has 358 valence electrons. The molecule has 0 aliphatic carbocycles. The van der Waals surface area contributed by atoms with Crippen molar-refractivity contribution in [2.45, 2.75) is 114 Å². The normalized spacial score (nSPS) is 25.7. The molecule has 2 aromatic carbocycles. The van der Waals surface area contributed by atoms with Gasteiger partial charge in [0.25, 0.3) is 0 Å². The molecule has 10 atom stereocenters. The smallest absolute Gasteiger partial charge is 0.229 e. The van der Waals surface area contributed by atoms with Crippen molar-refractivity contribution in [3.8, 4) is 33.8 Å². The number of H-pyrrole nitrogens is 2. The number of fused-ring (bicyclic) bond motifs is 8. The van der Waals surface area contributed by atoms with E-state index in [1.165, 1.54) is 0 Å². The fourth-order valence-corrected chi connectivity index (χ4v) is 9.16. The second-order valence-electron chi connectivity index (χ2n) is 17.6. The lowest BCUT2D eigenvalue weighted by atomic mass is 9.99. The number of hydrogen-bond acceptors (Lipinski definition) is 14. The lowest BCUT2D eigenvalue weighted by Gasteiger charge is -2.39. The van der Waals surface area contributed by atoms with Gasteiger partial charge >= 0.3 is 0 Å². The summed E-state index contributed by atoms with van der Waals surface area (Å²) in [4.78, 5) is 18.1. The van der Waals surface area contributed by atoms with Crippen LogP contribution in [0.5, 0.6) is 11.5 Å². The molecule has 0 spiro atoms. The van der Waals surface area contributed by atoms with E-state index in [4.69, 9.17) is 28.9 Å². The molecule has 7 heterocycles. The molecule has 68 heavy (non-hydrogen) atoms. The first-order valence-electron chi connectivity index (χ1n) is 23.3. The number of rotatable bonds is 14. The monoisotopic (exact) mass is 930 g/mol. The quantitative estimate of drug-likeness (QED) is 0.0687. The van der Waals surface area contributed by atoms with Crippen LogP contribution in [0.25, 0.3) is 68.6 Å². The molecule has 4 aliphatic heterocycles. The molecule has 0 saturated carbocycles. The summed E-state index contributed by atoms with van der Waals surface area (Å²) in [5.41, 5.74) is 12.0. The van der Waals surface area contributed by atoms with Gasteiger partial charge in [-0.15, -0.1) is 0 Å². The largest absolute Gasteiger partial charge is 0.462 e. The van der Waals surface area contributed by atoms with E-state index in [1.807, 2.05) is 48.6 Å². The highest BCUT2D eigenvalue weighted by Gasteiger charge is 2.46. The molecule has 5 aromatic rings. The Morgan fingerprint density at radius 3 is 1.21 bits per heavy atom. The first-order chi connectivity index (χ1) is 33.0. The minimum absolute atomic E-state index is 0.342. The third-order valence-corrected chi connectivity index (χ3v) is 13.0. The maximum absolute atomic E-state index is 10.6. The maximum atomic E-state index is 10.6. The van der Waals surface area contributed by atoms with E-state index in [2.05, 4.69) is 48.1 Å². The number of hydrogen-bond donors (Lipinski definition) is 10. The Kier molecular flexibility index (Phi) is 14.2. The van der Waals surface area contributed by atoms with Crippen LogP contribution in [0.15, 0.2) is 72.8 Å². The molecule has 10 N–H and O–H groups in total. The summed E-state index contributed by atoms with van der Waals surface area (Å²) in [6, 6.07) is 22.7. The molecule has 2 fully saturated rings. The standard InChI is InChI=1S/C52H58N4O12/c1-3-5-7-31-33-17-21-37(53-33)43(27-9-13-29(14-10-27)65-51-49(63)47(61)45(59)41(25-57)67-51)39-23-19-35(55-39)32(8-6-4-2)36-20-24-40(56-36)44(38-22-18-34(31)54-38)28-11-15-30(16-12-28)66-52-50(64)48(62)46(60)42(26-58)68-52/h9-24,41-42,45-53,56-64H,3-8,25-26H2,1-2H3/t41-,42-,45-,46-,47+,48+,49-,50-,51-,52-/m1/s1. The molecular formula is C52H58N4O12. The molecule has 8 bridgehead atoms. The topological polar surface area (TPSA) is 256 Å². The van der Waals surface area contributed by atoms with Gasteiger partial charge in [0.15, 0.2) is 0 Å². The van der Waals surface area contributed by atoms with Crippen LogP contribution in [0.4, 0.5) is 0 Å².